The van der Waals surface area contributed by atoms with Crippen molar-refractivity contribution in [1.82, 2.24) is 5.32 Å². The zero-order valence-corrected chi connectivity index (χ0v) is 10.4. The van der Waals surface area contributed by atoms with Gasteiger partial charge in [0.15, 0.2) is 0 Å². The standard InChI is InChI=1S/C14H17NS/c1-14-9-5-4-8-12(14)10-6-2-3-7-11(10)13(16)15-14/h2-3,6-7,12H,4-5,8-9H2,1H3,(H,15,16)/t12-,14-/m1/s1. The third-order valence-corrected chi connectivity index (χ3v) is 4.51. The first-order valence-electron chi connectivity index (χ1n) is 6.12. The fraction of sp³-hybridized carbons (Fsp3) is 0.500. The Bertz CT molecular complexity index is 440. The van der Waals surface area contributed by atoms with Crippen molar-refractivity contribution < 1.29 is 0 Å². The minimum absolute atomic E-state index is 0.198. The van der Waals surface area contributed by atoms with Gasteiger partial charge >= 0.3 is 0 Å². The van der Waals surface area contributed by atoms with E-state index in [-0.39, 0.29) is 5.54 Å². The van der Waals surface area contributed by atoms with Gasteiger partial charge in [-0.25, -0.2) is 0 Å². The highest BCUT2D eigenvalue weighted by Gasteiger charge is 2.42. The number of nitrogens with one attached hydrogen (secondary N) is 1. The van der Waals surface area contributed by atoms with Gasteiger partial charge in [-0.3, -0.25) is 0 Å². The fourth-order valence-corrected chi connectivity index (χ4v) is 3.74. The average Bonchev–Trinajstić information content (AvgIpc) is 2.28. The van der Waals surface area contributed by atoms with Gasteiger partial charge in [0.1, 0.15) is 4.99 Å². The number of hydrogen-bond acceptors (Lipinski definition) is 1. The minimum Gasteiger partial charge on any atom is -0.370 e. The van der Waals surface area contributed by atoms with Gasteiger partial charge in [-0.2, -0.15) is 0 Å². The fourth-order valence-electron chi connectivity index (χ4n) is 3.32. The van der Waals surface area contributed by atoms with Crippen molar-refractivity contribution in [3.63, 3.8) is 0 Å². The lowest BCUT2D eigenvalue weighted by atomic mass is 9.67. The van der Waals surface area contributed by atoms with Gasteiger partial charge in [0, 0.05) is 17.0 Å². The molecule has 1 aliphatic heterocycles. The minimum atomic E-state index is 0.198. The van der Waals surface area contributed by atoms with Crippen molar-refractivity contribution in [1.29, 1.82) is 0 Å². The molecule has 1 heterocycles. The Morgan fingerprint density at radius 2 is 2.12 bits per heavy atom. The SMILES string of the molecule is C[C@@]12CCCC[C@@H]1c1ccccc1C(=S)N2. The first-order chi connectivity index (χ1) is 7.71. The molecule has 1 saturated carbocycles. The molecule has 3 rings (SSSR count). The molecule has 0 saturated heterocycles. The molecule has 1 aromatic rings. The van der Waals surface area contributed by atoms with Crippen LogP contribution in [-0.4, -0.2) is 10.5 Å². The van der Waals surface area contributed by atoms with Crippen LogP contribution in [0.15, 0.2) is 24.3 Å². The average molecular weight is 231 g/mol. The van der Waals surface area contributed by atoms with Crippen LogP contribution >= 0.6 is 12.2 Å². The molecule has 16 heavy (non-hydrogen) atoms. The van der Waals surface area contributed by atoms with Gasteiger partial charge < -0.3 is 5.32 Å². The van der Waals surface area contributed by atoms with E-state index in [1.54, 1.807) is 0 Å². The van der Waals surface area contributed by atoms with Gasteiger partial charge in [0.2, 0.25) is 0 Å². The first kappa shape index (κ1) is 10.3. The maximum Gasteiger partial charge on any atom is 0.107 e. The van der Waals surface area contributed by atoms with E-state index in [1.165, 1.54) is 36.8 Å². The maximum atomic E-state index is 5.49. The molecule has 1 aliphatic carbocycles. The van der Waals surface area contributed by atoms with E-state index in [0.29, 0.717) is 5.92 Å². The van der Waals surface area contributed by atoms with Crippen LogP contribution in [0, 0.1) is 0 Å². The molecule has 2 aliphatic rings. The van der Waals surface area contributed by atoms with Gasteiger partial charge in [0.25, 0.3) is 0 Å². The predicted molar refractivity (Wildman–Crippen MR) is 70.9 cm³/mol. The number of benzene rings is 1. The van der Waals surface area contributed by atoms with Crippen molar-refractivity contribution in [3.05, 3.63) is 35.4 Å². The highest BCUT2D eigenvalue weighted by Crippen LogP contribution is 2.44. The molecule has 0 amide bonds. The van der Waals surface area contributed by atoms with E-state index >= 15 is 0 Å². The van der Waals surface area contributed by atoms with Crippen LogP contribution in [0.25, 0.3) is 0 Å². The van der Waals surface area contributed by atoms with Crippen molar-refractivity contribution in [2.45, 2.75) is 44.1 Å². The van der Waals surface area contributed by atoms with Crippen molar-refractivity contribution in [2.24, 2.45) is 0 Å². The second kappa shape index (κ2) is 3.56. The van der Waals surface area contributed by atoms with Crippen LogP contribution in [-0.2, 0) is 0 Å². The Kier molecular flexibility index (Phi) is 2.28. The first-order valence-corrected chi connectivity index (χ1v) is 6.53. The molecule has 2 heteroatoms. The van der Waals surface area contributed by atoms with Crippen LogP contribution in [0.5, 0.6) is 0 Å². The third-order valence-electron chi connectivity index (χ3n) is 4.19. The number of thiocarbonyl (C=S) groups is 1. The summed E-state index contributed by atoms with van der Waals surface area (Å²) >= 11 is 5.49. The lowest BCUT2D eigenvalue weighted by Gasteiger charge is -2.47. The predicted octanol–water partition coefficient (Wildman–Crippen LogP) is 3.38. The smallest absolute Gasteiger partial charge is 0.107 e. The lowest BCUT2D eigenvalue weighted by Crippen LogP contribution is -2.55. The Hall–Kier alpha value is -0.890. The van der Waals surface area contributed by atoms with E-state index in [2.05, 4.69) is 36.5 Å². The van der Waals surface area contributed by atoms with Gasteiger partial charge in [0.05, 0.1) is 0 Å². The molecular weight excluding hydrogens is 214 g/mol. The summed E-state index contributed by atoms with van der Waals surface area (Å²) in [6, 6.07) is 8.63. The third kappa shape index (κ3) is 1.40. The van der Waals surface area contributed by atoms with Crippen molar-refractivity contribution >= 4 is 17.2 Å². The van der Waals surface area contributed by atoms with Gasteiger partial charge in [-0.05, 0) is 25.3 Å². The Morgan fingerprint density at radius 3 is 3.00 bits per heavy atom. The Morgan fingerprint density at radius 1 is 1.31 bits per heavy atom. The molecule has 1 fully saturated rings. The quantitative estimate of drug-likeness (QED) is 0.687. The zero-order chi connectivity index (χ0) is 11.2. The topological polar surface area (TPSA) is 12.0 Å². The van der Waals surface area contributed by atoms with E-state index in [4.69, 9.17) is 12.2 Å². The Balaban J connectivity index is 2.13. The molecule has 0 spiro atoms. The second-order valence-corrected chi connectivity index (χ2v) is 5.67. The summed E-state index contributed by atoms with van der Waals surface area (Å²) in [5, 5.41) is 3.58. The molecular formula is C14H17NS. The van der Waals surface area contributed by atoms with Crippen molar-refractivity contribution in [3.8, 4) is 0 Å². The molecule has 1 N–H and O–H groups in total. The number of rotatable bonds is 0. The van der Waals surface area contributed by atoms with Gasteiger partial charge in [-0.15, -0.1) is 0 Å². The summed E-state index contributed by atoms with van der Waals surface area (Å²) in [4.78, 5) is 0.941. The second-order valence-electron chi connectivity index (χ2n) is 5.26. The van der Waals surface area contributed by atoms with E-state index in [0.717, 1.165) is 4.99 Å². The summed E-state index contributed by atoms with van der Waals surface area (Å²) in [7, 11) is 0. The number of hydrogen-bond donors (Lipinski definition) is 1. The monoisotopic (exact) mass is 231 g/mol. The van der Waals surface area contributed by atoms with E-state index in [1.807, 2.05) is 0 Å². The van der Waals surface area contributed by atoms with E-state index in [9.17, 15) is 0 Å². The summed E-state index contributed by atoms with van der Waals surface area (Å²) in [5.41, 5.74) is 2.92. The molecule has 1 nitrogen and oxygen atoms in total. The Labute approximate surface area is 102 Å². The van der Waals surface area contributed by atoms with Gasteiger partial charge in [-0.1, -0.05) is 49.3 Å². The summed E-state index contributed by atoms with van der Waals surface area (Å²) in [6.45, 7) is 2.33. The summed E-state index contributed by atoms with van der Waals surface area (Å²) in [6.07, 6.45) is 5.21. The highest BCUT2D eigenvalue weighted by molar-refractivity contribution is 7.80. The molecule has 2 atom stereocenters. The van der Waals surface area contributed by atoms with Crippen LogP contribution < -0.4 is 5.32 Å². The van der Waals surface area contributed by atoms with Crippen molar-refractivity contribution in [2.75, 3.05) is 0 Å². The molecule has 1 aromatic carbocycles. The molecule has 0 bridgehead atoms. The maximum absolute atomic E-state index is 5.49. The highest BCUT2D eigenvalue weighted by atomic mass is 32.1. The van der Waals surface area contributed by atoms with Crippen LogP contribution in [0.1, 0.15) is 49.7 Å². The zero-order valence-electron chi connectivity index (χ0n) is 9.62. The molecule has 84 valence electrons. The number of fused-ring (bicyclic) bond motifs is 3. The van der Waals surface area contributed by atoms with Crippen LogP contribution in [0.4, 0.5) is 0 Å². The lowest BCUT2D eigenvalue weighted by molar-refractivity contribution is 0.241. The summed E-state index contributed by atoms with van der Waals surface area (Å²) < 4.78 is 0. The normalized spacial score (nSPS) is 32.6. The largest absolute Gasteiger partial charge is 0.370 e. The summed E-state index contributed by atoms with van der Waals surface area (Å²) in [5.74, 6) is 0.643. The van der Waals surface area contributed by atoms with Crippen LogP contribution in [0.3, 0.4) is 0 Å². The molecule has 0 unspecified atom stereocenters. The van der Waals surface area contributed by atoms with E-state index < -0.39 is 0 Å². The molecule has 0 aromatic heterocycles. The van der Waals surface area contributed by atoms with Crippen LogP contribution in [0.2, 0.25) is 0 Å². The molecule has 0 radical (unpaired) electrons.